The van der Waals surface area contributed by atoms with E-state index in [0.717, 1.165) is 36.5 Å². The molecule has 0 spiro atoms. The Labute approximate surface area is 199 Å². The van der Waals surface area contributed by atoms with Gasteiger partial charge >= 0.3 is 5.69 Å². The first kappa shape index (κ1) is 24.4. The van der Waals surface area contributed by atoms with E-state index in [4.69, 9.17) is 0 Å². The molecule has 1 heterocycles. The average molecular weight is 458 g/mol. The van der Waals surface area contributed by atoms with Gasteiger partial charge in [0.05, 0.1) is 4.92 Å². The van der Waals surface area contributed by atoms with Crippen LogP contribution < -0.4 is 0 Å². The number of Topliss-reactive ketones (excluding diaryl/α,β-unsaturated/α-hetero) is 1. The number of ketones is 1. The molecule has 1 aromatic heterocycles. The van der Waals surface area contributed by atoms with E-state index in [2.05, 4.69) is 25.9 Å². The number of nitrogens with zero attached hydrogens (tertiary/aromatic N) is 3. The lowest BCUT2D eigenvalue weighted by Gasteiger charge is -2.61. The molecule has 0 amide bonds. The molecular formula is C27H43N3O3. The molecule has 6 heteroatoms. The number of fused-ring (bicyclic) bond motifs is 5. The van der Waals surface area contributed by atoms with Crippen LogP contribution in [-0.2, 0) is 11.3 Å². The molecule has 4 fully saturated rings. The van der Waals surface area contributed by atoms with Crippen molar-refractivity contribution in [2.24, 2.45) is 46.3 Å². The van der Waals surface area contributed by atoms with Gasteiger partial charge in [-0.15, -0.1) is 0 Å². The third kappa shape index (κ3) is 4.05. The zero-order chi connectivity index (χ0) is 24.0. The van der Waals surface area contributed by atoms with Crippen LogP contribution in [0.15, 0.2) is 12.4 Å². The van der Waals surface area contributed by atoms with E-state index in [1.807, 2.05) is 13.8 Å². The van der Waals surface area contributed by atoms with Crippen molar-refractivity contribution >= 4 is 11.5 Å². The molecule has 0 saturated heterocycles. The average Bonchev–Trinajstić information content (AvgIpc) is 3.40. The summed E-state index contributed by atoms with van der Waals surface area (Å²) in [6, 6.07) is 0. The van der Waals surface area contributed by atoms with E-state index >= 15 is 0 Å². The van der Waals surface area contributed by atoms with Crippen molar-refractivity contribution in [1.82, 2.24) is 9.78 Å². The molecule has 1 aromatic rings. The summed E-state index contributed by atoms with van der Waals surface area (Å²) in [5.41, 5.74) is 0.547. The summed E-state index contributed by atoms with van der Waals surface area (Å²) in [5, 5.41) is 15.0. The van der Waals surface area contributed by atoms with Crippen LogP contribution in [-0.4, -0.2) is 20.5 Å². The molecule has 8 atom stereocenters. The van der Waals surface area contributed by atoms with Crippen molar-refractivity contribution < 1.29 is 9.72 Å². The summed E-state index contributed by atoms with van der Waals surface area (Å²) >= 11 is 0. The van der Waals surface area contributed by atoms with Crippen molar-refractivity contribution in [3.63, 3.8) is 0 Å². The molecule has 0 aromatic carbocycles. The SMILES string of the molecule is CC.CC1CCC2(C)C(CCC3C2CCC2(C)C3CC[C@@H]2C(=O)Cn2cc([N+](=O)[O-])cn2)C1. The van der Waals surface area contributed by atoms with Crippen LogP contribution >= 0.6 is 0 Å². The predicted octanol–water partition coefficient (Wildman–Crippen LogP) is 6.68. The zero-order valence-electron chi connectivity index (χ0n) is 21.3. The van der Waals surface area contributed by atoms with Gasteiger partial charge in [-0.1, -0.05) is 41.0 Å². The second-order valence-corrected chi connectivity index (χ2v) is 11.8. The van der Waals surface area contributed by atoms with Crippen LogP contribution in [0.4, 0.5) is 5.69 Å². The first-order valence-electron chi connectivity index (χ1n) is 13.4. The van der Waals surface area contributed by atoms with E-state index < -0.39 is 4.92 Å². The fourth-order valence-electron chi connectivity index (χ4n) is 8.80. The summed E-state index contributed by atoms with van der Waals surface area (Å²) in [7, 11) is 0. The second kappa shape index (κ2) is 9.14. The van der Waals surface area contributed by atoms with Gasteiger partial charge in [0.2, 0.25) is 0 Å². The molecule has 4 aliphatic carbocycles. The molecular weight excluding hydrogens is 414 g/mol. The van der Waals surface area contributed by atoms with E-state index in [9.17, 15) is 14.9 Å². The van der Waals surface area contributed by atoms with Crippen LogP contribution in [0.3, 0.4) is 0 Å². The maximum Gasteiger partial charge on any atom is 0.307 e. The van der Waals surface area contributed by atoms with Gasteiger partial charge < -0.3 is 0 Å². The Bertz CT molecular complexity index is 882. The molecule has 0 N–H and O–H groups in total. The van der Waals surface area contributed by atoms with E-state index in [-0.39, 0.29) is 29.3 Å². The standard InChI is InChI=1S/C25H37N3O3.C2H6/c1-16-8-10-24(2)17(12-16)4-5-19-20-6-7-22(25(20,3)11-9-21(19)24)23(29)15-27-14-18(13-26-27)28(30)31;1-2/h13-14,16-17,19-22H,4-12,15H2,1-3H3;1-2H3/t16?,17?,19?,20?,21?,22-,24?,25?;/m1./s1. The summed E-state index contributed by atoms with van der Waals surface area (Å²) < 4.78 is 1.46. The highest BCUT2D eigenvalue weighted by molar-refractivity contribution is 5.82. The monoisotopic (exact) mass is 457 g/mol. The number of hydrogen-bond donors (Lipinski definition) is 0. The number of carbonyl (C=O) groups excluding carboxylic acids is 1. The first-order chi connectivity index (χ1) is 15.7. The topological polar surface area (TPSA) is 78.0 Å². The van der Waals surface area contributed by atoms with Crippen molar-refractivity contribution in [1.29, 1.82) is 0 Å². The number of aromatic nitrogens is 2. The minimum atomic E-state index is -0.453. The molecule has 4 aliphatic rings. The van der Waals surface area contributed by atoms with Crippen LogP contribution in [0.5, 0.6) is 0 Å². The van der Waals surface area contributed by atoms with E-state index in [1.165, 1.54) is 62.0 Å². The van der Waals surface area contributed by atoms with Gasteiger partial charge in [0, 0.05) is 5.92 Å². The van der Waals surface area contributed by atoms with Crippen molar-refractivity contribution in [3.05, 3.63) is 22.5 Å². The summed E-state index contributed by atoms with van der Waals surface area (Å²) in [5.74, 6) is 4.33. The quantitative estimate of drug-likeness (QED) is 0.373. The number of hydrogen-bond acceptors (Lipinski definition) is 4. The first-order valence-corrected chi connectivity index (χ1v) is 13.4. The summed E-state index contributed by atoms with van der Waals surface area (Å²) in [6.45, 7) is 11.6. The molecule has 5 rings (SSSR count). The third-order valence-corrected chi connectivity index (χ3v) is 10.5. The fourth-order valence-corrected chi connectivity index (χ4v) is 8.80. The van der Waals surface area contributed by atoms with E-state index in [1.54, 1.807) is 0 Å². The number of carbonyl (C=O) groups is 1. The predicted molar refractivity (Wildman–Crippen MR) is 130 cm³/mol. The van der Waals surface area contributed by atoms with Crippen LogP contribution in [0.1, 0.15) is 92.4 Å². The lowest BCUT2D eigenvalue weighted by Crippen LogP contribution is -2.53. The zero-order valence-corrected chi connectivity index (χ0v) is 21.3. The summed E-state index contributed by atoms with van der Waals surface area (Å²) in [6.07, 6.45) is 14.1. The Morgan fingerprint density at radius 2 is 1.79 bits per heavy atom. The Morgan fingerprint density at radius 3 is 2.48 bits per heavy atom. The molecule has 7 unspecified atom stereocenters. The van der Waals surface area contributed by atoms with Gasteiger partial charge in [0.1, 0.15) is 18.9 Å². The Balaban J connectivity index is 0.00000126. The highest BCUT2D eigenvalue weighted by Gasteiger charge is 2.60. The van der Waals surface area contributed by atoms with Crippen molar-refractivity contribution in [2.75, 3.05) is 0 Å². The molecule has 0 radical (unpaired) electrons. The number of rotatable bonds is 4. The van der Waals surface area contributed by atoms with Crippen LogP contribution in [0.2, 0.25) is 0 Å². The van der Waals surface area contributed by atoms with Crippen LogP contribution in [0.25, 0.3) is 0 Å². The van der Waals surface area contributed by atoms with Gasteiger partial charge in [-0.05, 0) is 91.8 Å². The summed E-state index contributed by atoms with van der Waals surface area (Å²) in [4.78, 5) is 23.8. The minimum absolute atomic E-state index is 0.0457. The second-order valence-electron chi connectivity index (χ2n) is 11.8. The minimum Gasteiger partial charge on any atom is -0.297 e. The fraction of sp³-hybridized carbons (Fsp3) is 0.852. The van der Waals surface area contributed by atoms with Gasteiger partial charge in [0.25, 0.3) is 0 Å². The highest BCUT2D eigenvalue weighted by atomic mass is 16.6. The van der Waals surface area contributed by atoms with Gasteiger partial charge in [-0.2, -0.15) is 5.10 Å². The maximum atomic E-state index is 13.3. The van der Waals surface area contributed by atoms with E-state index in [0.29, 0.717) is 11.3 Å². The highest BCUT2D eigenvalue weighted by Crippen LogP contribution is 2.67. The number of nitro groups is 1. The normalized spacial score (nSPS) is 41.7. The Kier molecular flexibility index (Phi) is 6.76. The molecule has 184 valence electrons. The third-order valence-electron chi connectivity index (χ3n) is 10.5. The molecule has 0 bridgehead atoms. The van der Waals surface area contributed by atoms with Crippen molar-refractivity contribution in [2.45, 2.75) is 99.0 Å². The molecule has 4 saturated carbocycles. The van der Waals surface area contributed by atoms with Gasteiger partial charge in [0.15, 0.2) is 5.78 Å². The largest absolute Gasteiger partial charge is 0.307 e. The molecule has 6 nitrogen and oxygen atoms in total. The van der Waals surface area contributed by atoms with Gasteiger partial charge in [-0.25, -0.2) is 0 Å². The maximum absolute atomic E-state index is 13.3. The van der Waals surface area contributed by atoms with Crippen LogP contribution in [0, 0.1) is 56.5 Å². The van der Waals surface area contributed by atoms with Gasteiger partial charge in [-0.3, -0.25) is 19.6 Å². The molecule has 33 heavy (non-hydrogen) atoms. The smallest absolute Gasteiger partial charge is 0.297 e. The Hall–Kier alpha value is -1.72. The molecule has 0 aliphatic heterocycles. The Morgan fingerprint density at radius 1 is 1.09 bits per heavy atom. The lowest BCUT2D eigenvalue weighted by molar-refractivity contribution is -0.385. The lowest BCUT2D eigenvalue weighted by atomic mass is 9.44. The van der Waals surface area contributed by atoms with Crippen molar-refractivity contribution in [3.8, 4) is 0 Å².